The van der Waals surface area contributed by atoms with E-state index in [9.17, 15) is 0 Å². The largest absolute Gasteiger partial charge is 0.383 e. The molecule has 0 fully saturated rings. The van der Waals surface area contributed by atoms with Crippen molar-refractivity contribution in [2.45, 2.75) is 6.54 Å². The fourth-order valence-corrected chi connectivity index (χ4v) is 1.55. The molecule has 0 aliphatic carbocycles. The Bertz CT molecular complexity index is 467. The van der Waals surface area contributed by atoms with Crippen LogP contribution in [0.1, 0.15) is 0 Å². The third-order valence-electron chi connectivity index (χ3n) is 2.36. The molecule has 0 atom stereocenters. The third kappa shape index (κ3) is 2.04. The molecule has 0 unspecified atom stereocenters. The van der Waals surface area contributed by atoms with E-state index in [0.717, 1.165) is 17.8 Å². The lowest BCUT2D eigenvalue weighted by Gasteiger charge is -2.08. The van der Waals surface area contributed by atoms with Crippen molar-refractivity contribution < 1.29 is 4.74 Å². The number of imidazole rings is 1. The van der Waals surface area contributed by atoms with Gasteiger partial charge in [-0.3, -0.25) is 0 Å². The molecule has 5 heteroatoms. The van der Waals surface area contributed by atoms with Crippen molar-refractivity contribution in [3.8, 4) is 11.3 Å². The monoisotopic (exact) mass is 218 g/mol. The maximum absolute atomic E-state index is 5.83. The van der Waals surface area contributed by atoms with Crippen LogP contribution in [0.2, 0.25) is 0 Å². The number of anilines is 1. The predicted octanol–water partition coefficient (Wildman–Crippen LogP) is 1.17. The molecule has 0 saturated carbocycles. The zero-order chi connectivity index (χ0) is 11.4. The van der Waals surface area contributed by atoms with E-state index in [1.165, 1.54) is 0 Å². The first kappa shape index (κ1) is 10.6. The van der Waals surface area contributed by atoms with E-state index in [1.54, 1.807) is 25.8 Å². The van der Waals surface area contributed by atoms with E-state index in [4.69, 9.17) is 10.5 Å². The molecule has 0 bridgehead atoms. The van der Waals surface area contributed by atoms with Crippen LogP contribution >= 0.6 is 0 Å². The topological polar surface area (TPSA) is 66.0 Å². The van der Waals surface area contributed by atoms with Gasteiger partial charge in [0, 0.05) is 25.4 Å². The van der Waals surface area contributed by atoms with Gasteiger partial charge in [-0.05, 0) is 12.1 Å². The Morgan fingerprint density at radius 2 is 2.38 bits per heavy atom. The summed E-state index contributed by atoms with van der Waals surface area (Å²) in [5.74, 6) is 0.515. The predicted molar refractivity (Wildman–Crippen MR) is 61.7 cm³/mol. The normalized spacial score (nSPS) is 10.6. The lowest BCUT2D eigenvalue weighted by Crippen LogP contribution is -2.05. The number of nitrogens with zero attached hydrogens (tertiary/aromatic N) is 3. The number of pyridine rings is 1. The van der Waals surface area contributed by atoms with Gasteiger partial charge in [-0.1, -0.05) is 0 Å². The van der Waals surface area contributed by atoms with Crippen LogP contribution in [0.25, 0.3) is 11.3 Å². The fraction of sp³-hybridized carbons (Fsp3) is 0.273. The Morgan fingerprint density at radius 1 is 1.50 bits per heavy atom. The molecule has 2 N–H and O–H groups in total. The van der Waals surface area contributed by atoms with E-state index in [-0.39, 0.29) is 0 Å². The summed E-state index contributed by atoms with van der Waals surface area (Å²) in [7, 11) is 1.68. The van der Waals surface area contributed by atoms with Crippen LogP contribution in [-0.4, -0.2) is 28.3 Å². The lowest BCUT2D eigenvalue weighted by atomic mass is 10.2. The quantitative estimate of drug-likeness (QED) is 0.836. The average Bonchev–Trinajstić information content (AvgIpc) is 2.75. The number of hydrogen-bond donors (Lipinski definition) is 1. The van der Waals surface area contributed by atoms with Gasteiger partial charge in [0.25, 0.3) is 0 Å². The first-order chi connectivity index (χ1) is 7.83. The van der Waals surface area contributed by atoms with E-state index in [2.05, 4.69) is 9.97 Å². The van der Waals surface area contributed by atoms with Gasteiger partial charge < -0.3 is 15.0 Å². The van der Waals surface area contributed by atoms with Crippen molar-refractivity contribution in [2.24, 2.45) is 0 Å². The lowest BCUT2D eigenvalue weighted by molar-refractivity contribution is 0.187. The Morgan fingerprint density at radius 3 is 3.12 bits per heavy atom. The van der Waals surface area contributed by atoms with E-state index in [0.29, 0.717) is 12.4 Å². The molecule has 0 saturated heterocycles. The summed E-state index contributed by atoms with van der Waals surface area (Å²) < 4.78 is 7.04. The molecule has 0 aromatic carbocycles. The molecule has 0 radical (unpaired) electrons. The molecule has 16 heavy (non-hydrogen) atoms. The fourth-order valence-electron chi connectivity index (χ4n) is 1.55. The molecule has 5 nitrogen and oxygen atoms in total. The van der Waals surface area contributed by atoms with E-state index >= 15 is 0 Å². The van der Waals surface area contributed by atoms with Gasteiger partial charge in [0.1, 0.15) is 5.82 Å². The Hall–Kier alpha value is -1.88. The standard InChI is InChI=1S/C11H14N4O/c1-16-6-5-15-8-13-7-10(15)9-3-2-4-14-11(9)12/h2-4,7-8H,5-6H2,1H3,(H2,12,14). The van der Waals surface area contributed by atoms with Crippen molar-refractivity contribution in [2.75, 3.05) is 19.5 Å². The molecule has 84 valence electrons. The van der Waals surface area contributed by atoms with Crippen molar-refractivity contribution >= 4 is 5.82 Å². The second-order valence-electron chi connectivity index (χ2n) is 3.40. The molecule has 0 aliphatic rings. The molecular weight excluding hydrogens is 204 g/mol. The first-order valence-electron chi connectivity index (χ1n) is 5.03. The van der Waals surface area contributed by atoms with Crippen molar-refractivity contribution in [1.29, 1.82) is 0 Å². The summed E-state index contributed by atoms with van der Waals surface area (Å²) in [6, 6.07) is 3.79. The number of methoxy groups -OCH3 is 1. The maximum atomic E-state index is 5.83. The van der Waals surface area contributed by atoms with Crippen LogP contribution in [0.15, 0.2) is 30.9 Å². The molecule has 0 aliphatic heterocycles. The minimum atomic E-state index is 0.515. The SMILES string of the molecule is COCCn1cncc1-c1cccnc1N. The van der Waals surface area contributed by atoms with Crippen molar-refractivity contribution in [1.82, 2.24) is 14.5 Å². The summed E-state index contributed by atoms with van der Waals surface area (Å²) in [4.78, 5) is 8.18. The van der Waals surface area contributed by atoms with Gasteiger partial charge in [0.2, 0.25) is 0 Å². The van der Waals surface area contributed by atoms with Gasteiger partial charge in [-0.2, -0.15) is 0 Å². The summed E-state index contributed by atoms with van der Waals surface area (Å²) in [6.45, 7) is 1.39. The highest BCUT2D eigenvalue weighted by Crippen LogP contribution is 2.23. The smallest absolute Gasteiger partial charge is 0.132 e. The van der Waals surface area contributed by atoms with Crippen molar-refractivity contribution in [3.05, 3.63) is 30.9 Å². The van der Waals surface area contributed by atoms with Crippen LogP contribution in [0.3, 0.4) is 0 Å². The number of hydrogen-bond acceptors (Lipinski definition) is 4. The summed E-state index contributed by atoms with van der Waals surface area (Å²) in [6.07, 6.45) is 5.22. The molecule has 2 rings (SSSR count). The second kappa shape index (κ2) is 4.76. The highest BCUT2D eigenvalue weighted by Gasteiger charge is 2.08. The number of ether oxygens (including phenoxy) is 1. The van der Waals surface area contributed by atoms with Crippen LogP contribution in [0.5, 0.6) is 0 Å². The minimum Gasteiger partial charge on any atom is -0.383 e. The third-order valence-corrected chi connectivity index (χ3v) is 2.36. The molecular formula is C11H14N4O. The summed E-state index contributed by atoms with van der Waals surface area (Å²) >= 11 is 0. The number of rotatable bonds is 4. The van der Waals surface area contributed by atoms with Crippen LogP contribution < -0.4 is 5.73 Å². The van der Waals surface area contributed by atoms with Gasteiger partial charge >= 0.3 is 0 Å². The Labute approximate surface area is 93.9 Å². The highest BCUT2D eigenvalue weighted by molar-refractivity contribution is 5.70. The first-order valence-corrected chi connectivity index (χ1v) is 5.03. The van der Waals surface area contributed by atoms with Gasteiger partial charge in [0.05, 0.1) is 24.8 Å². The summed E-state index contributed by atoms with van der Waals surface area (Å²) in [5, 5.41) is 0. The van der Waals surface area contributed by atoms with Gasteiger partial charge in [-0.25, -0.2) is 9.97 Å². The van der Waals surface area contributed by atoms with Crippen LogP contribution in [-0.2, 0) is 11.3 Å². The van der Waals surface area contributed by atoms with Crippen LogP contribution in [0, 0.1) is 0 Å². The molecule has 2 heterocycles. The molecule has 0 amide bonds. The van der Waals surface area contributed by atoms with Crippen molar-refractivity contribution in [3.63, 3.8) is 0 Å². The van der Waals surface area contributed by atoms with Crippen LogP contribution in [0.4, 0.5) is 5.82 Å². The maximum Gasteiger partial charge on any atom is 0.132 e. The highest BCUT2D eigenvalue weighted by atomic mass is 16.5. The number of aromatic nitrogens is 3. The second-order valence-corrected chi connectivity index (χ2v) is 3.40. The van der Waals surface area contributed by atoms with E-state index in [1.807, 2.05) is 16.7 Å². The number of nitrogen functional groups attached to an aromatic ring is 1. The zero-order valence-corrected chi connectivity index (χ0v) is 9.13. The Kier molecular flexibility index (Phi) is 3.16. The Balaban J connectivity index is 2.33. The molecule has 2 aromatic rings. The molecule has 2 aromatic heterocycles. The number of nitrogens with two attached hydrogens (primary N) is 1. The van der Waals surface area contributed by atoms with Gasteiger partial charge in [-0.15, -0.1) is 0 Å². The average molecular weight is 218 g/mol. The van der Waals surface area contributed by atoms with Gasteiger partial charge in [0.15, 0.2) is 0 Å². The minimum absolute atomic E-state index is 0.515. The van der Waals surface area contributed by atoms with E-state index < -0.39 is 0 Å². The summed E-state index contributed by atoms with van der Waals surface area (Å²) in [5.41, 5.74) is 7.69. The zero-order valence-electron chi connectivity index (χ0n) is 9.13. The molecule has 0 spiro atoms.